The molecule has 31 heavy (non-hydrogen) atoms. The summed E-state index contributed by atoms with van der Waals surface area (Å²) < 4.78 is 72.9. The molecule has 0 saturated heterocycles. The minimum atomic E-state index is -4.85. The first kappa shape index (κ1) is 20.7. The molecule has 0 atom stereocenters. The van der Waals surface area contributed by atoms with E-state index in [2.05, 4.69) is 9.71 Å². The van der Waals surface area contributed by atoms with Crippen molar-refractivity contribution in [3.05, 3.63) is 80.4 Å². The molecule has 0 saturated carbocycles. The van der Waals surface area contributed by atoms with Crippen LogP contribution < -0.4 is 15.9 Å². The highest BCUT2D eigenvalue weighted by atomic mass is 32.2. The number of hydrogen-bond donors (Lipinski definition) is 2. The van der Waals surface area contributed by atoms with Crippen molar-refractivity contribution in [2.24, 2.45) is 0 Å². The lowest BCUT2D eigenvalue weighted by molar-refractivity contribution is -0.136. The standard InChI is InChI=1S/C20H13F3N2O5S/c1-10-6-19(27)30-17-7-11(2-4-13(10)17)25-31(28,29)12-3-5-16-14(8-12)15(20(21,22)23)9-18(26)24-16/h2-9,25H,1H3,(H,24,26). The minimum absolute atomic E-state index is 0.0545. The molecule has 0 aliphatic carbocycles. The molecule has 2 aromatic carbocycles. The molecule has 7 nitrogen and oxygen atoms in total. The van der Waals surface area contributed by atoms with Gasteiger partial charge in [-0.25, -0.2) is 13.2 Å². The number of hydrogen-bond acceptors (Lipinski definition) is 5. The fourth-order valence-corrected chi connectivity index (χ4v) is 4.31. The van der Waals surface area contributed by atoms with Gasteiger partial charge in [0.1, 0.15) is 5.58 Å². The molecule has 0 spiro atoms. The van der Waals surface area contributed by atoms with Gasteiger partial charge in [0.05, 0.1) is 16.1 Å². The maximum atomic E-state index is 13.3. The van der Waals surface area contributed by atoms with E-state index in [4.69, 9.17) is 4.42 Å². The van der Waals surface area contributed by atoms with Gasteiger partial charge in [-0.05, 0) is 42.8 Å². The van der Waals surface area contributed by atoms with Gasteiger partial charge in [0, 0.05) is 34.5 Å². The third kappa shape index (κ3) is 3.91. The Labute approximate surface area is 172 Å². The largest absolute Gasteiger partial charge is 0.423 e. The maximum Gasteiger partial charge on any atom is 0.417 e. The maximum absolute atomic E-state index is 13.3. The first-order valence-corrected chi connectivity index (χ1v) is 10.2. The molecule has 0 fully saturated rings. The Morgan fingerprint density at radius 3 is 2.42 bits per heavy atom. The zero-order valence-corrected chi connectivity index (χ0v) is 16.5. The number of alkyl halides is 3. The van der Waals surface area contributed by atoms with Crippen LogP contribution in [0.2, 0.25) is 0 Å². The molecule has 2 heterocycles. The van der Waals surface area contributed by atoms with E-state index < -0.39 is 43.2 Å². The SMILES string of the molecule is Cc1cc(=O)oc2cc(NS(=O)(=O)c3ccc4[nH]c(=O)cc(C(F)(F)F)c4c3)ccc12. The molecule has 2 N–H and O–H groups in total. The number of aromatic nitrogens is 1. The molecule has 0 amide bonds. The second-order valence-electron chi connectivity index (χ2n) is 6.82. The Morgan fingerprint density at radius 2 is 1.71 bits per heavy atom. The molecule has 0 aliphatic rings. The van der Waals surface area contributed by atoms with Crippen LogP contribution in [0.25, 0.3) is 21.9 Å². The van der Waals surface area contributed by atoms with Gasteiger partial charge in [-0.1, -0.05) is 0 Å². The number of fused-ring (bicyclic) bond motifs is 2. The van der Waals surface area contributed by atoms with Crippen molar-refractivity contribution in [3.63, 3.8) is 0 Å². The zero-order chi connectivity index (χ0) is 22.6. The Kier molecular flexibility index (Phi) is 4.65. The van der Waals surface area contributed by atoms with Gasteiger partial charge in [0.15, 0.2) is 0 Å². The summed E-state index contributed by atoms with van der Waals surface area (Å²) in [7, 11) is -4.30. The first-order valence-electron chi connectivity index (χ1n) is 8.76. The smallest absolute Gasteiger partial charge is 0.417 e. The molecular weight excluding hydrogens is 437 g/mol. The van der Waals surface area contributed by atoms with Crippen LogP contribution in [0.1, 0.15) is 11.1 Å². The van der Waals surface area contributed by atoms with Gasteiger partial charge < -0.3 is 9.40 Å². The highest BCUT2D eigenvalue weighted by Gasteiger charge is 2.33. The highest BCUT2D eigenvalue weighted by Crippen LogP contribution is 2.34. The Morgan fingerprint density at radius 1 is 0.968 bits per heavy atom. The van der Waals surface area contributed by atoms with Crippen molar-refractivity contribution < 1.29 is 26.0 Å². The van der Waals surface area contributed by atoms with Gasteiger partial charge in [0.25, 0.3) is 10.0 Å². The van der Waals surface area contributed by atoms with Crippen LogP contribution in [0.15, 0.2) is 67.4 Å². The zero-order valence-electron chi connectivity index (χ0n) is 15.7. The van der Waals surface area contributed by atoms with Crippen LogP contribution in [0.3, 0.4) is 0 Å². The second-order valence-corrected chi connectivity index (χ2v) is 8.50. The molecule has 0 bridgehead atoms. The molecule has 0 aliphatic heterocycles. The Balaban J connectivity index is 1.80. The van der Waals surface area contributed by atoms with E-state index in [9.17, 15) is 31.2 Å². The molecule has 4 aromatic rings. The number of aromatic amines is 1. The van der Waals surface area contributed by atoms with Crippen LogP contribution in [0.5, 0.6) is 0 Å². The third-order valence-corrected chi connectivity index (χ3v) is 6.01. The Hall–Kier alpha value is -3.60. The molecule has 160 valence electrons. The van der Waals surface area contributed by atoms with Gasteiger partial charge in [-0.3, -0.25) is 9.52 Å². The van der Waals surface area contributed by atoms with Crippen molar-refractivity contribution in [1.82, 2.24) is 4.98 Å². The number of anilines is 1. The number of aryl methyl sites for hydroxylation is 1. The summed E-state index contributed by atoms with van der Waals surface area (Å²) in [5.41, 5.74) is -2.11. The van der Waals surface area contributed by atoms with Crippen molar-refractivity contribution in [2.45, 2.75) is 18.0 Å². The summed E-state index contributed by atoms with van der Waals surface area (Å²) in [5, 5.41) is 0.141. The highest BCUT2D eigenvalue weighted by molar-refractivity contribution is 7.92. The third-order valence-electron chi connectivity index (χ3n) is 4.63. The lowest BCUT2D eigenvalue weighted by Crippen LogP contribution is -2.16. The van der Waals surface area contributed by atoms with E-state index >= 15 is 0 Å². The van der Waals surface area contributed by atoms with Crippen molar-refractivity contribution in [1.29, 1.82) is 0 Å². The molecule has 2 aromatic heterocycles. The van der Waals surface area contributed by atoms with Crippen LogP contribution in [0.4, 0.5) is 18.9 Å². The summed E-state index contributed by atoms with van der Waals surface area (Å²) in [6, 6.07) is 8.96. The van der Waals surface area contributed by atoms with E-state index in [0.717, 1.165) is 18.2 Å². The summed E-state index contributed by atoms with van der Waals surface area (Å²) in [5.74, 6) is 0. The van der Waals surface area contributed by atoms with E-state index in [1.807, 2.05) is 0 Å². The van der Waals surface area contributed by atoms with Gasteiger partial charge >= 0.3 is 11.8 Å². The normalized spacial score (nSPS) is 12.4. The van der Waals surface area contributed by atoms with Crippen molar-refractivity contribution in [3.8, 4) is 0 Å². The van der Waals surface area contributed by atoms with Crippen LogP contribution in [-0.2, 0) is 16.2 Å². The quantitative estimate of drug-likeness (QED) is 0.462. The lowest BCUT2D eigenvalue weighted by atomic mass is 10.1. The monoisotopic (exact) mass is 450 g/mol. The van der Waals surface area contributed by atoms with Gasteiger partial charge in [0.2, 0.25) is 5.56 Å². The van der Waals surface area contributed by atoms with Crippen molar-refractivity contribution in [2.75, 3.05) is 4.72 Å². The topological polar surface area (TPSA) is 109 Å². The number of halogens is 3. The summed E-state index contributed by atoms with van der Waals surface area (Å²) >= 11 is 0. The fraction of sp³-hybridized carbons (Fsp3) is 0.100. The lowest BCUT2D eigenvalue weighted by Gasteiger charge is -2.13. The van der Waals surface area contributed by atoms with Gasteiger partial charge in [-0.15, -0.1) is 0 Å². The average Bonchev–Trinajstić information content (AvgIpc) is 2.65. The predicted octanol–water partition coefficient (Wildman–Crippen LogP) is 3.76. The first-order chi connectivity index (χ1) is 14.4. The predicted molar refractivity (Wildman–Crippen MR) is 108 cm³/mol. The number of rotatable bonds is 3. The minimum Gasteiger partial charge on any atom is -0.423 e. The van der Waals surface area contributed by atoms with Gasteiger partial charge in [-0.2, -0.15) is 13.2 Å². The van der Waals surface area contributed by atoms with E-state index in [1.165, 1.54) is 18.2 Å². The van der Waals surface area contributed by atoms with Crippen LogP contribution in [0, 0.1) is 6.92 Å². The average molecular weight is 450 g/mol. The summed E-state index contributed by atoms with van der Waals surface area (Å²) in [4.78, 5) is 24.9. The number of H-pyrrole nitrogens is 1. The summed E-state index contributed by atoms with van der Waals surface area (Å²) in [6.45, 7) is 1.70. The molecular formula is C20H13F3N2O5S. The van der Waals surface area contributed by atoms with E-state index in [-0.39, 0.29) is 16.8 Å². The number of nitrogens with one attached hydrogen (secondary N) is 2. The summed E-state index contributed by atoms with van der Waals surface area (Å²) in [6.07, 6.45) is -4.85. The second kappa shape index (κ2) is 6.98. The number of benzene rings is 2. The molecule has 0 unspecified atom stereocenters. The van der Waals surface area contributed by atoms with E-state index in [1.54, 1.807) is 13.0 Å². The molecule has 4 rings (SSSR count). The number of sulfonamides is 1. The van der Waals surface area contributed by atoms with Crippen LogP contribution in [-0.4, -0.2) is 13.4 Å². The van der Waals surface area contributed by atoms with E-state index in [0.29, 0.717) is 17.0 Å². The van der Waals surface area contributed by atoms with Crippen molar-refractivity contribution >= 4 is 37.6 Å². The number of pyridine rings is 1. The Bertz CT molecular complexity index is 1570. The van der Waals surface area contributed by atoms with Crippen LogP contribution >= 0.6 is 0 Å². The molecule has 0 radical (unpaired) electrons. The fourth-order valence-electron chi connectivity index (χ4n) is 3.24. The molecule has 11 heteroatoms.